The van der Waals surface area contributed by atoms with Crippen molar-refractivity contribution in [1.82, 2.24) is 0 Å². The number of hydrogen-bond acceptors (Lipinski definition) is 14. The molecule has 0 spiro atoms. The Balaban J connectivity index is 1.61. The van der Waals surface area contributed by atoms with Gasteiger partial charge in [0.1, 0.15) is 12.4 Å². The van der Waals surface area contributed by atoms with E-state index < -0.39 is 0 Å². The summed E-state index contributed by atoms with van der Waals surface area (Å²) in [6, 6.07) is 7.38. The third kappa shape index (κ3) is 37.2. The lowest BCUT2D eigenvalue weighted by Gasteiger charge is -2.10. The summed E-state index contributed by atoms with van der Waals surface area (Å²) >= 11 is 2.42. The van der Waals surface area contributed by atoms with Gasteiger partial charge >= 0.3 is 0 Å². The number of halogens is 1. The second-order valence-electron chi connectivity index (χ2n) is 10.8. The Morgan fingerprint density at radius 3 is 0.922 bits per heavy atom. The average molecular weight is 848 g/mol. The van der Waals surface area contributed by atoms with Crippen LogP contribution in [0.4, 0.5) is 5.69 Å². The Bertz CT molecular complexity index is 818. The van der Waals surface area contributed by atoms with E-state index >= 15 is 0 Å². The van der Waals surface area contributed by atoms with E-state index in [4.69, 9.17) is 67.3 Å². The molecule has 1 aromatic carbocycles. The number of nitrogens with two attached hydrogens (primary N) is 1. The van der Waals surface area contributed by atoms with Crippen molar-refractivity contribution < 1.29 is 61.6 Å². The molecule has 0 aliphatic carbocycles. The van der Waals surface area contributed by atoms with Crippen molar-refractivity contribution in [3.63, 3.8) is 0 Å². The van der Waals surface area contributed by atoms with E-state index in [9.17, 15) is 0 Å². The molecule has 1 rings (SSSR count). The van der Waals surface area contributed by atoms with Crippen LogP contribution in [0.3, 0.4) is 0 Å². The molecule has 14 nitrogen and oxygen atoms in total. The summed E-state index contributed by atoms with van der Waals surface area (Å²) < 4.78 is 72.8. The molecule has 0 unspecified atom stereocenters. The molecule has 1 aromatic rings. The van der Waals surface area contributed by atoms with Crippen molar-refractivity contribution in [1.29, 1.82) is 0 Å². The SMILES string of the molecule is Nc1ccccc1OCCOCCOCCOCCOCCOCCOCCOCCOCCOCCOCCOCCOCCCCCCI. The lowest BCUT2D eigenvalue weighted by molar-refractivity contribution is -0.0285. The Labute approximate surface area is 319 Å². The topological polar surface area (TPSA) is 146 Å². The molecule has 0 saturated carbocycles. The molecule has 0 fully saturated rings. The third-order valence-corrected chi connectivity index (χ3v) is 7.43. The van der Waals surface area contributed by atoms with Gasteiger partial charge in [0.25, 0.3) is 0 Å². The van der Waals surface area contributed by atoms with E-state index in [0.717, 1.165) is 13.0 Å². The highest BCUT2D eigenvalue weighted by Gasteiger charge is 1.99. The molecular formula is C36H66INO13. The van der Waals surface area contributed by atoms with Gasteiger partial charge in [-0.25, -0.2) is 0 Å². The fourth-order valence-electron chi connectivity index (χ4n) is 4.00. The predicted molar refractivity (Wildman–Crippen MR) is 204 cm³/mol. The second-order valence-corrected chi connectivity index (χ2v) is 11.9. The van der Waals surface area contributed by atoms with Crippen LogP contribution in [0, 0.1) is 0 Å². The van der Waals surface area contributed by atoms with Crippen molar-refractivity contribution in [2.45, 2.75) is 25.7 Å². The normalized spacial score (nSPS) is 11.5. The van der Waals surface area contributed by atoms with Crippen molar-refractivity contribution in [3.8, 4) is 5.75 Å². The van der Waals surface area contributed by atoms with Crippen LogP contribution in [-0.2, 0) is 56.8 Å². The average Bonchev–Trinajstić information content (AvgIpc) is 3.14. The fraction of sp³-hybridized carbons (Fsp3) is 0.833. The van der Waals surface area contributed by atoms with Crippen molar-refractivity contribution in [3.05, 3.63) is 24.3 Å². The van der Waals surface area contributed by atoms with Gasteiger partial charge in [-0.15, -0.1) is 0 Å². The summed E-state index contributed by atoms with van der Waals surface area (Å²) in [7, 11) is 0. The summed E-state index contributed by atoms with van der Waals surface area (Å²) in [5.74, 6) is 0.669. The maximum Gasteiger partial charge on any atom is 0.142 e. The van der Waals surface area contributed by atoms with Gasteiger partial charge in [0, 0.05) is 6.61 Å². The van der Waals surface area contributed by atoms with E-state index in [0.29, 0.717) is 170 Å². The zero-order valence-corrected chi connectivity index (χ0v) is 32.9. The van der Waals surface area contributed by atoms with Gasteiger partial charge < -0.3 is 67.3 Å². The molecule has 0 aliphatic heterocycles. The first-order valence-electron chi connectivity index (χ1n) is 18.3. The number of ether oxygens (including phenoxy) is 13. The summed E-state index contributed by atoms with van der Waals surface area (Å²) in [5.41, 5.74) is 6.44. The highest BCUT2D eigenvalue weighted by atomic mass is 127. The molecule has 15 heteroatoms. The summed E-state index contributed by atoms with van der Waals surface area (Å²) in [6.45, 7) is 13.3. The molecule has 0 radical (unpaired) electrons. The maximum absolute atomic E-state index is 5.82. The standard InChI is InChI=1S/C36H66INO13/c37-9-5-1-2-6-10-39-11-12-40-13-14-41-15-16-42-17-18-43-19-20-44-21-22-45-23-24-46-25-26-47-27-28-48-29-30-49-31-32-50-33-34-51-36-8-4-3-7-35(36)38/h3-4,7-8H,1-2,5-6,9-34,38H2. The van der Waals surface area contributed by atoms with E-state index in [-0.39, 0.29) is 0 Å². The number of nitrogen functional groups attached to an aromatic ring is 1. The molecule has 300 valence electrons. The number of anilines is 1. The maximum atomic E-state index is 5.82. The molecule has 0 bridgehead atoms. The molecule has 0 aliphatic rings. The van der Waals surface area contributed by atoms with Gasteiger partial charge in [-0.05, 0) is 29.4 Å². The van der Waals surface area contributed by atoms with Crippen molar-refractivity contribution >= 4 is 28.3 Å². The molecule has 0 aromatic heterocycles. The van der Waals surface area contributed by atoms with Crippen LogP contribution >= 0.6 is 22.6 Å². The first kappa shape index (κ1) is 48.1. The molecule has 0 saturated heterocycles. The minimum absolute atomic E-state index is 0.438. The number of unbranched alkanes of at least 4 members (excludes halogenated alkanes) is 3. The fourth-order valence-corrected chi connectivity index (χ4v) is 4.54. The Morgan fingerprint density at radius 1 is 0.333 bits per heavy atom. The van der Waals surface area contributed by atoms with Crippen LogP contribution in [0.2, 0.25) is 0 Å². The minimum atomic E-state index is 0.438. The highest BCUT2D eigenvalue weighted by Crippen LogP contribution is 2.19. The molecular weight excluding hydrogens is 781 g/mol. The number of rotatable bonds is 43. The Kier molecular flexibility index (Phi) is 39.4. The van der Waals surface area contributed by atoms with Crippen molar-refractivity contribution in [2.24, 2.45) is 0 Å². The second kappa shape index (κ2) is 41.8. The largest absolute Gasteiger partial charge is 0.489 e. The lowest BCUT2D eigenvalue weighted by atomic mass is 10.2. The van der Waals surface area contributed by atoms with Crippen LogP contribution in [0.5, 0.6) is 5.75 Å². The number of para-hydroxylation sites is 2. The molecule has 0 heterocycles. The van der Waals surface area contributed by atoms with Crippen LogP contribution in [0.25, 0.3) is 0 Å². The van der Waals surface area contributed by atoms with Crippen LogP contribution in [0.15, 0.2) is 24.3 Å². The molecule has 0 atom stereocenters. The van der Waals surface area contributed by atoms with Gasteiger partial charge in [-0.3, -0.25) is 0 Å². The van der Waals surface area contributed by atoms with Crippen LogP contribution in [0.1, 0.15) is 25.7 Å². The smallest absolute Gasteiger partial charge is 0.142 e. The molecule has 0 amide bonds. The van der Waals surface area contributed by atoms with E-state index in [1.165, 1.54) is 23.7 Å². The highest BCUT2D eigenvalue weighted by molar-refractivity contribution is 14.1. The molecule has 2 N–H and O–H groups in total. The summed E-state index contributed by atoms with van der Waals surface area (Å²) in [5, 5.41) is 0. The first-order chi connectivity index (χ1) is 25.3. The lowest BCUT2D eigenvalue weighted by Crippen LogP contribution is -2.15. The number of benzene rings is 1. The molecule has 51 heavy (non-hydrogen) atoms. The monoisotopic (exact) mass is 847 g/mol. The van der Waals surface area contributed by atoms with Gasteiger partial charge in [-0.1, -0.05) is 47.6 Å². The minimum Gasteiger partial charge on any atom is -0.489 e. The zero-order chi connectivity index (χ0) is 36.4. The zero-order valence-electron chi connectivity index (χ0n) is 30.8. The van der Waals surface area contributed by atoms with Crippen molar-refractivity contribution in [2.75, 3.05) is 175 Å². The van der Waals surface area contributed by atoms with Crippen LogP contribution < -0.4 is 10.5 Å². The number of hydrogen-bond donors (Lipinski definition) is 1. The van der Waals surface area contributed by atoms with Crippen LogP contribution in [-0.4, -0.2) is 170 Å². The third-order valence-electron chi connectivity index (χ3n) is 6.67. The van der Waals surface area contributed by atoms with Gasteiger partial charge in [-0.2, -0.15) is 0 Å². The van der Waals surface area contributed by atoms with Gasteiger partial charge in [0.15, 0.2) is 0 Å². The Morgan fingerprint density at radius 2 is 0.608 bits per heavy atom. The summed E-state index contributed by atoms with van der Waals surface area (Å²) in [6.07, 6.45) is 4.97. The van der Waals surface area contributed by atoms with Gasteiger partial charge in [0.2, 0.25) is 0 Å². The Hall–Kier alpha value is -0.930. The van der Waals surface area contributed by atoms with Gasteiger partial charge in [0.05, 0.1) is 158 Å². The summed E-state index contributed by atoms with van der Waals surface area (Å²) in [4.78, 5) is 0. The van der Waals surface area contributed by atoms with E-state index in [2.05, 4.69) is 22.6 Å². The first-order valence-corrected chi connectivity index (χ1v) is 19.8. The number of alkyl halides is 1. The quantitative estimate of drug-likeness (QED) is 0.0440. The van der Waals surface area contributed by atoms with E-state index in [1.54, 1.807) is 6.07 Å². The predicted octanol–water partition coefficient (Wildman–Crippen LogP) is 3.84. The van der Waals surface area contributed by atoms with E-state index in [1.807, 2.05) is 18.2 Å².